The van der Waals surface area contributed by atoms with Gasteiger partial charge in [0.25, 0.3) is 10.0 Å². The van der Waals surface area contributed by atoms with E-state index in [0.29, 0.717) is 12.2 Å². The van der Waals surface area contributed by atoms with Gasteiger partial charge < -0.3 is 10.2 Å². The van der Waals surface area contributed by atoms with E-state index in [2.05, 4.69) is 5.32 Å². The van der Waals surface area contributed by atoms with Gasteiger partial charge in [0.15, 0.2) is 0 Å². The van der Waals surface area contributed by atoms with Gasteiger partial charge in [-0.3, -0.25) is 13.9 Å². The summed E-state index contributed by atoms with van der Waals surface area (Å²) in [6, 6.07) is 20.5. The highest BCUT2D eigenvalue weighted by atomic mass is 32.2. The van der Waals surface area contributed by atoms with Crippen molar-refractivity contribution in [1.29, 1.82) is 0 Å². The maximum atomic E-state index is 14.0. The molecular formula is C31H39N3O4S. The average Bonchev–Trinajstić information content (AvgIpc) is 2.90. The van der Waals surface area contributed by atoms with Gasteiger partial charge in [0.2, 0.25) is 11.8 Å². The van der Waals surface area contributed by atoms with Crippen molar-refractivity contribution in [2.24, 2.45) is 5.92 Å². The van der Waals surface area contributed by atoms with Crippen LogP contribution in [0.15, 0.2) is 77.7 Å². The third kappa shape index (κ3) is 7.69. The van der Waals surface area contributed by atoms with Crippen molar-refractivity contribution in [1.82, 2.24) is 10.2 Å². The predicted octanol–water partition coefficient (Wildman–Crippen LogP) is 5.00. The van der Waals surface area contributed by atoms with Crippen LogP contribution in [0.5, 0.6) is 0 Å². The van der Waals surface area contributed by atoms with E-state index in [1.165, 1.54) is 17.0 Å². The van der Waals surface area contributed by atoms with Gasteiger partial charge in [-0.1, -0.05) is 74.0 Å². The maximum absolute atomic E-state index is 14.0. The van der Waals surface area contributed by atoms with E-state index >= 15 is 0 Å². The number of sulfonamides is 1. The summed E-state index contributed by atoms with van der Waals surface area (Å²) in [5, 5.41) is 2.91. The number of amides is 2. The molecule has 3 aromatic rings. The Morgan fingerprint density at radius 3 is 2.15 bits per heavy atom. The van der Waals surface area contributed by atoms with Gasteiger partial charge in [-0.15, -0.1) is 0 Å². The van der Waals surface area contributed by atoms with Gasteiger partial charge in [-0.25, -0.2) is 8.42 Å². The molecule has 3 rings (SSSR count). The molecule has 0 radical (unpaired) electrons. The summed E-state index contributed by atoms with van der Waals surface area (Å²) < 4.78 is 29.0. The first-order valence-electron chi connectivity index (χ1n) is 13.2. The Hall–Kier alpha value is -3.65. The van der Waals surface area contributed by atoms with Gasteiger partial charge in [0.1, 0.15) is 12.6 Å². The Balaban J connectivity index is 2.04. The molecule has 1 atom stereocenters. The summed E-state index contributed by atoms with van der Waals surface area (Å²) in [6.07, 6.45) is 0. The lowest BCUT2D eigenvalue weighted by Gasteiger charge is -2.32. The molecule has 0 aliphatic carbocycles. The molecule has 39 heavy (non-hydrogen) atoms. The number of benzene rings is 3. The lowest BCUT2D eigenvalue weighted by atomic mass is 10.1. The van der Waals surface area contributed by atoms with Crippen LogP contribution in [-0.2, 0) is 26.2 Å². The second-order valence-corrected chi connectivity index (χ2v) is 12.3. The van der Waals surface area contributed by atoms with Crippen LogP contribution >= 0.6 is 0 Å². The minimum Gasteiger partial charge on any atom is -0.354 e. The fourth-order valence-electron chi connectivity index (χ4n) is 4.26. The van der Waals surface area contributed by atoms with E-state index in [-0.39, 0.29) is 23.3 Å². The third-order valence-corrected chi connectivity index (χ3v) is 8.30. The molecular weight excluding hydrogens is 510 g/mol. The second kappa shape index (κ2) is 12.9. The third-order valence-electron chi connectivity index (χ3n) is 6.53. The molecule has 0 heterocycles. The zero-order valence-corrected chi connectivity index (χ0v) is 24.5. The van der Waals surface area contributed by atoms with Crippen LogP contribution in [0.2, 0.25) is 0 Å². The van der Waals surface area contributed by atoms with E-state index in [4.69, 9.17) is 0 Å². The lowest BCUT2D eigenvalue weighted by molar-refractivity contribution is -0.139. The Morgan fingerprint density at radius 2 is 1.51 bits per heavy atom. The van der Waals surface area contributed by atoms with Crippen molar-refractivity contribution in [2.45, 2.75) is 59.0 Å². The lowest BCUT2D eigenvalue weighted by Crippen LogP contribution is -2.51. The van der Waals surface area contributed by atoms with Gasteiger partial charge in [-0.2, -0.15) is 0 Å². The van der Waals surface area contributed by atoms with Crippen molar-refractivity contribution in [3.05, 3.63) is 95.1 Å². The Morgan fingerprint density at radius 1 is 0.846 bits per heavy atom. The summed E-state index contributed by atoms with van der Waals surface area (Å²) in [5.74, 6) is -0.504. The standard InChI is InChI=1S/C31H39N3O4S/c1-22(2)19-32-31(36)26(6)33(20-27-12-10-11-23(3)17-27)30(35)21-34(29-18-24(4)15-16-25(29)5)39(37,38)28-13-8-7-9-14-28/h7-18,22,26H,19-21H2,1-6H3,(H,32,36)/t26-/m1/s1. The summed E-state index contributed by atoms with van der Waals surface area (Å²) in [4.78, 5) is 28.7. The van der Waals surface area contributed by atoms with Crippen LogP contribution < -0.4 is 9.62 Å². The number of rotatable bonds is 11. The zero-order chi connectivity index (χ0) is 28.7. The summed E-state index contributed by atoms with van der Waals surface area (Å²) in [6.45, 7) is 11.5. The summed E-state index contributed by atoms with van der Waals surface area (Å²) in [5.41, 5.74) is 3.91. The fraction of sp³-hybridized carbons (Fsp3) is 0.355. The number of nitrogens with one attached hydrogen (secondary N) is 1. The van der Waals surface area contributed by atoms with E-state index in [1.807, 2.05) is 71.0 Å². The molecule has 0 aromatic heterocycles. The maximum Gasteiger partial charge on any atom is 0.264 e. The van der Waals surface area contributed by atoms with Crippen molar-refractivity contribution in [3.63, 3.8) is 0 Å². The Bertz CT molecular complexity index is 1400. The van der Waals surface area contributed by atoms with Gasteiger partial charge in [0.05, 0.1) is 10.6 Å². The molecule has 2 amide bonds. The largest absolute Gasteiger partial charge is 0.354 e. The van der Waals surface area contributed by atoms with Crippen molar-refractivity contribution in [3.8, 4) is 0 Å². The monoisotopic (exact) mass is 549 g/mol. The first-order chi connectivity index (χ1) is 18.4. The molecule has 0 unspecified atom stereocenters. The molecule has 0 saturated heterocycles. The van der Waals surface area contributed by atoms with Gasteiger partial charge >= 0.3 is 0 Å². The second-order valence-electron chi connectivity index (χ2n) is 10.4. The number of carbonyl (C=O) groups excluding carboxylic acids is 2. The topological polar surface area (TPSA) is 86.8 Å². The molecule has 0 bridgehead atoms. The first kappa shape index (κ1) is 29.9. The smallest absolute Gasteiger partial charge is 0.264 e. The number of carbonyl (C=O) groups is 2. The number of hydrogen-bond donors (Lipinski definition) is 1. The summed E-state index contributed by atoms with van der Waals surface area (Å²) >= 11 is 0. The molecule has 7 nitrogen and oxygen atoms in total. The van der Waals surface area contributed by atoms with Crippen molar-refractivity contribution < 1.29 is 18.0 Å². The molecule has 0 saturated carbocycles. The van der Waals surface area contributed by atoms with E-state index in [0.717, 1.165) is 26.6 Å². The van der Waals surface area contributed by atoms with Gasteiger partial charge in [0, 0.05) is 13.1 Å². The highest BCUT2D eigenvalue weighted by Gasteiger charge is 2.33. The fourth-order valence-corrected chi connectivity index (χ4v) is 5.75. The van der Waals surface area contributed by atoms with Crippen molar-refractivity contribution in [2.75, 3.05) is 17.4 Å². The average molecular weight is 550 g/mol. The molecule has 3 aromatic carbocycles. The van der Waals surface area contributed by atoms with Crippen LogP contribution in [0.4, 0.5) is 5.69 Å². The van der Waals surface area contributed by atoms with E-state index < -0.39 is 28.5 Å². The molecule has 8 heteroatoms. The zero-order valence-electron chi connectivity index (χ0n) is 23.6. The van der Waals surface area contributed by atoms with Gasteiger partial charge in [-0.05, 0) is 68.5 Å². The first-order valence-corrected chi connectivity index (χ1v) is 14.6. The number of hydrogen-bond acceptors (Lipinski definition) is 4. The highest BCUT2D eigenvalue weighted by Crippen LogP contribution is 2.28. The Kier molecular flexibility index (Phi) is 9.92. The molecule has 0 spiro atoms. The normalized spacial score (nSPS) is 12.2. The molecule has 208 valence electrons. The SMILES string of the molecule is Cc1cccc(CN(C(=O)CN(c2cc(C)ccc2C)S(=O)(=O)c2ccccc2)[C@H](C)C(=O)NCC(C)C)c1. The molecule has 1 N–H and O–H groups in total. The molecule has 0 fully saturated rings. The Labute approximate surface area is 232 Å². The molecule has 0 aliphatic rings. The minimum atomic E-state index is -4.08. The predicted molar refractivity (Wildman–Crippen MR) is 156 cm³/mol. The van der Waals surface area contributed by atoms with Crippen LogP contribution in [0.1, 0.15) is 43.0 Å². The highest BCUT2D eigenvalue weighted by molar-refractivity contribution is 7.92. The minimum absolute atomic E-state index is 0.0895. The van der Waals surface area contributed by atoms with E-state index in [1.54, 1.807) is 31.2 Å². The van der Waals surface area contributed by atoms with Crippen LogP contribution in [0.3, 0.4) is 0 Å². The van der Waals surface area contributed by atoms with Crippen LogP contribution in [-0.4, -0.2) is 44.3 Å². The van der Waals surface area contributed by atoms with Crippen LogP contribution in [0.25, 0.3) is 0 Å². The quantitative estimate of drug-likeness (QED) is 0.365. The van der Waals surface area contributed by atoms with Crippen molar-refractivity contribution >= 4 is 27.5 Å². The summed E-state index contributed by atoms with van der Waals surface area (Å²) in [7, 11) is -4.08. The van der Waals surface area contributed by atoms with Crippen LogP contribution in [0, 0.1) is 26.7 Å². The number of anilines is 1. The van der Waals surface area contributed by atoms with E-state index in [9.17, 15) is 18.0 Å². The number of nitrogens with zero attached hydrogens (tertiary/aromatic N) is 2. The molecule has 0 aliphatic heterocycles. The number of aryl methyl sites for hydroxylation is 3.